The van der Waals surface area contributed by atoms with Crippen LogP contribution in [0.1, 0.15) is 22.0 Å². The lowest BCUT2D eigenvalue weighted by Crippen LogP contribution is -2.72. The topological polar surface area (TPSA) is 131 Å². The highest BCUT2D eigenvalue weighted by atomic mass is 19.4. The van der Waals surface area contributed by atoms with Crippen molar-refractivity contribution in [1.29, 1.82) is 0 Å². The maximum atomic E-state index is 13.9. The number of nitrogens with zero attached hydrogens (tertiary/aromatic N) is 1. The smallest absolute Gasteiger partial charge is 0.437 e. The molecule has 3 atom stereocenters. The van der Waals surface area contributed by atoms with E-state index in [2.05, 4.69) is 5.32 Å². The number of carbonyl (C=O) groups is 2. The van der Waals surface area contributed by atoms with Gasteiger partial charge in [-0.05, 0) is 29.8 Å². The number of hydrogen-bond acceptors (Lipinski definition) is 6. The molecule has 31 heavy (non-hydrogen) atoms. The minimum atomic E-state index is -5.43. The average molecular weight is 439 g/mol. The van der Waals surface area contributed by atoms with E-state index in [1.165, 1.54) is 48.8 Å². The number of urea groups is 1. The van der Waals surface area contributed by atoms with Crippen molar-refractivity contribution in [2.24, 2.45) is 5.92 Å². The number of Topliss-reactive ketones (excluding diaryl/α,β-unsaturated/α-hetero) is 1. The molecule has 0 aromatic heterocycles. The van der Waals surface area contributed by atoms with Gasteiger partial charge < -0.3 is 20.5 Å². The van der Waals surface area contributed by atoms with Crippen LogP contribution in [0.3, 0.4) is 0 Å². The molecule has 0 unspecified atom stereocenters. The number of nitro groups is 1. The van der Waals surface area contributed by atoms with Crippen molar-refractivity contribution in [2.45, 2.75) is 17.9 Å². The van der Waals surface area contributed by atoms with Gasteiger partial charge in [0.1, 0.15) is 11.7 Å². The van der Waals surface area contributed by atoms with Gasteiger partial charge in [0.15, 0.2) is 5.78 Å². The number of alkyl halides is 3. The number of amides is 2. The Morgan fingerprint density at radius 2 is 1.87 bits per heavy atom. The van der Waals surface area contributed by atoms with Crippen LogP contribution in [-0.2, 0) is 0 Å². The molecule has 1 heterocycles. The monoisotopic (exact) mass is 439 g/mol. The third kappa shape index (κ3) is 4.01. The first-order valence-electron chi connectivity index (χ1n) is 8.78. The fraction of sp³-hybridized carbons (Fsp3) is 0.263. The number of carbonyl (C=O) groups excluding carboxylic acids is 2. The molecule has 2 aromatic rings. The third-order valence-corrected chi connectivity index (χ3v) is 4.90. The van der Waals surface area contributed by atoms with Gasteiger partial charge in [-0.2, -0.15) is 13.2 Å². The van der Waals surface area contributed by atoms with Gasteiger partial charge in [0.05, 0.1) is 18.1 Å². The normalized spacial score (nSPS) is 23.5. The van der Waals surface area contributed by atoms with Crippen LogP contribution < -0.4 is 15.4 Å². The number of nitrogens with one attached hydrogen (secondary N) is 2. The van der Waals surface area contributed by atoms with Crippen molar-refractivity contribution in [3.05, 3.63) is 69.8 Å². The number of benzene rings is 2. The average Bonchev–Trinajstić information content (AvgIpc) is 2.72. The zero-order valence-corrected chi connectivity index (χ0v) is 15.8. The van der Waals surface area contributed by atoms with E-state index >= 15 is 0 Å². The lowest BCUT2D eigenvalue weighted by molar-refractivity contribution is -0.385. The molecule has 0 radical (unpaired) electrons. The summed E-state index contributed by atoms with van der Waals surface area (Å²) >= 11 is 0. The van der Waals surface area contributed by atoms with Crippen molar-refractivity contribution in [3.63, 3.8) is 0 Å². The Balaban J connectivity index is 2.16. The van der Waals surface area contributed by atoms with E-state index in [0.29, 0.717) is 5.75 Å². The van der Waals surface area contributed by atoms with E-state index in [1.54, 1.807) is 0 Å². The number of non-ortho nitro benzene ring substituents is 1. The predicted molar refractivity (Wildman–Crippen MR) is 99.3 cm³/mol. The van der Waals surface area contributed by atoms with E-state index in [-0.39, 0.29) is 11.1 Å². The Kier molecular flexibility index (Phi) is 5.59. The fourth-order valence-corrected chi connectivity index (χ4v) is 3.38. The Labute approximate surface area is 173 Å². The largest absolute Gasteiger partial charge is 0.497 e. The third-order valence-electron chi connectivity index (χ3n) is 4.90. The van der Waals surface area contributed by atoms with Gasteiger partial charge in [-0.3, -0.25) is 14.9 Å². The Morgan fingerprint density at radius 1 is 1.23 bits per heavy atom. The summed E-state index contributed by atoms with van der Waals surface area (Å²) < 4.78 is 46.6. The number of methoxy groups -OCH3 is 1. The highest BCUT2D eigenvalue weighted by Gasteiger charge is 2.66. The SMILES string of the molecule is COc1ccc(C(=O)[C@H]2[C@@H](c3cccc([N+](=O)[O-])c3)NC(=O)N[C@]2(O)C(F)(F)F)cc1. The molecule has 12 heteroatoms. The maximum absolute atomic E-state index is 13.9. The molecule has 0 aliphatic carbocycles. The lowest BCUT2D eigenvalue weighted by atomic mass is 9.77. The highest BCUT2D eigenvalue weighted by Crippen LogP contribution is 2.44. The molecular formula is C19H16F3N3O6. The number of hydrogen-bond donors (Lipinski definition) is 3. The Morgan fingerprint density at radius 3 is 2.42 bits per heavy atom. The van der Waals surface area contributed by atoms with Crippen molar-refractivity contribution in [3.8, 4) is 5.75 Å². The molecule has 3 rings (SSSR count). The second-order valence-corrected chi connectivity index (χ2v) is 6.76. The van der Waals surface area contributed by atoms with Gasteiger partial charge in [0.25, 0.3) is 5.69 Å². The summed E-state index contributed by atoms with van der Waals surface area (Å²) in [7, 11) is 1.36. The van der Waals surface area contributed by atoms with E-state index in [4.69, 9.17) is 4.74 Å². The summed E-state index contributed by atoms with van der Waals surface area (Å²) in [6.07, 6.45) is -5.43. The molecule has 1 aliphatic rings. The van der Waals surface area contributed by atoms with E-state index in [9.17, 15) is 38.0 Å². The Hall–Kier alpha value is -3.67. The first-order valence-corrected chi connectivity index (χ1v) is 8.78. The zero-order valence-electron chi connectivity index (χ0n) is 15.8. The minimum absolute atomic E-state index is 0.154. The van der Waals surface area contributed by atoms with Crippen LogP contribution in [0.25, 0.3) is 0 Å². The van der Waals surface area contributed by atoms with E-state index in [1.807, 2.05) is 0 Å². The first kappa shape index (κ1) is 22.0. The van der Waals surface area contributed by atoms with Crippen LogP contribution in [0.4, 0.5) is 23.7 Å². The molecular weight excluding hydrogens is 423 g/mol. The van der Waals surface area contributed by atoms with Crippen LogP contribution in [0.5, 0.6) is 5.75 Å². The second-order valence-electron chi connectivity index (χ2n) is 6.76. The van der Waals surface area contributed by atoms with Crippen molar-refractivity contribution < 1.29 is 37.5 Å². The van der Waals surface area contributed by atoms with Gasteiger partial charge in [0, 0.05) is 17.7 Å². The molecule has 1 aliphatic heterocycles. The number of halogens is 3. The van der Waals surface area contributed by atoms with Crippen LogP contribution in [-0.4, -0.2) is 40.9 Å². The summed E-state index contributed by atoms with van der Waals surface area (Å²) in [5, 5.41) is 25.2. The van der Waals surface area contributed by atoms with Crippen LogP contribution in [0.2, 0.25) is 0 Å². The number of ether oxygens (including phenoxy) is 1. The zero-order chi connectivity index (χ0) is 23.0. The molecule has 3 N–H and O–H groups in total. The van der Waals surface area contributed by atoms with Gasteiger partial charge in [-0.1, -0.05) is 12.1 Å². The van der Waals surface area contributed by atoms with Crippen molar-refractivity contribution >= 4 is 17.5 Å². The van der Waals surface area contributed by atoms with Crippen LogP contribution >= 0.6 is 0 Å². The molecule has 0 bridgehead atoms. The lowest BCUT2D eigenvalue weighted by Gasteiger charge is -2.45. The number of rotatable bonds is 5. The molecule has 0 spiro atoms. The molecule has 1 fully saturated rings. The summed E-state index contributed by atoms with van der Waals surface area (Å²) in [5.41, 5.74) is -4.74. The standard InChI is InChI=1S/C19H16F3N3O6/c1-31-13-7-5-10(6-8-13)16(26)14-15(11-3-2-4-12(9-11)25(29)30)23-17(27)24-18(14,28)19(20,21)22/h2-9,14-15,28H,1H3,(H2,23,24,27)/t14-,15-,18-/m1/s1. The minimum Gasteiger partial charge on any atom is -0.497 e. The number of nitro benzene ring substituents is 1. The van der Waals surface area contributed by atoms with Crippen molar-refractivity contribution in [2.75, 3.05) is 7.11 Å². The molecule has 9 nitrogen and oxygen atoms in total. The predicted octanol–water partition coefficient (Wildman–Crippen LogP) is 2.71. The molecule has 2 amide bonds. The molecule has 164 valence electrons. The second kappa shape index (κ2) is 7.87. The quantitative estimate of drug-likeness (QED) is 0.373. The van der Waals surface area contributed by atoms with Gasteiger partial charge >= 0.3 is 12.2 Å². The molecule has 1 saturated heterocycles. The summed E-state index contributed by atoms with van der Waals surface area (Å²) in [6, 6.07) is 6.44. The van der Waals surface area contributed by atoms with Gasteiger partial charge in [0.2, 0.25) is 5.72 Å². The van der Waals surface area contributed by atoms with E-state index < -0.39 is 46.3 Å². The number of ketones is 1. The maximum Gasteiger partial charge on any atom is 0.437 e. The van der Waals surface area contributed by atoms with Gasteiger partial charge in [-0.25, -0.2) is 4.79 Å². The Bertz CT molecular complexity index is 1030. The van der Waals surface area contributed by atoms with Crippen molar-refractivity contribution in [1.82, 2.24) is 10.6 Å². The molecule has 0 saturated carbocycles. The first-order chi connectivity index (χ1) is 14.5. The number of aliphatic hydroxyl groups is 1. The summed E-state index contributed by atoms with van der Waals surface area (Å²) in [4.78, 5) is 35.4. The van der Waals surface area contributed by atoms with E-state index in [0.717, 1.165) is 12.1 Å². The summed E-state index contributed by atoms with van der Waals surface area (Å²) in [6.45, 7) is 0. The summed E-state index contributed by atoms with van der Waals surface area (Å²) in [5.74, 6) is -3.10. The molecule has 2 aromatic carbocycles. The highest BCUT2D eigenvalue weighted by molar-refractivity contribution is 6.00. The van der Waals surface area contributed by atoms with Crippen LogP contribution in [0.15, 0.2) is 48.5 Å². The fourth-order valence-electron chi connectivity index (χ4n) is 3.38. The van der Waals surface area contributed by atoms with Gasteiger partial charge in [-0.15, -0.1) is 0 Å². The van der Waals surface area contributed by atoms with Crippen LogP contribution in [0, 0.1) is 16.0 Å².